The molecule has 0 aliphatic carbocycles. The highest BCUT2D eigenvalue weighted by Crippen LogP contribution is 2.34. The molecule has 7 heteroatoms. The number of furan rings is 1. The van der Waals surface area contributed by atoms with Crippen molar-refractivity contribution in [3.63, 3.8) is 0 Å². The Kier molecular flexibility index (Phi) is 4.82. The number of anilines is 2. The van der Waals surface area contributed by atoms with E-state index in [4.69, 9.17) is 13.9 Å². The van der Waals surface area contributed by atoms with E-state index in [1.165, 1.54) is 11.1 Å². The monoisotopic (exact) mass is 366 g/mol. The van der Waals surface area contributed by atoms with Gasteiger partial charge >= 0.3 is 0 Å². The number of ether oxygens (including phenoxy) is 2. The standard InChI is InChI=1S/C20H22N4O3/c1-25-17-8-14-5-6-24(12-15(14)9-18(17)26-2)20-10-19(22-13-23-20)21-11-16-4-3-7-27-16/h3-4,7-10,13H,5-6,11-12H2,1-2H3,(H,21,22,23). The van der Waals surface area contributed by atoms with Gasteiger partial charge in [-0.25, -0.2) is 9.97 Å². The minimum Gasteiger partial charge on any atom is -0.493 e. The van der Waals surface area contributed by atoms with E-state index in [-0.39, 0.29) is 0 Å². The Morgan fingerprint density at radius 3 is 2.67 bits per heavy atom. The van der Waals surface area contributed by atoms with Gasteiger partial charge in [-0.1, -0.05) is 0 Å². The van der Waals surface area contributed by atoms with E-state index in [2.05, 4.69) is 32.3 Å². The Morgan fingerprint density at radius 1 is 1.11 bits per heavy atom. The number of hydrogen-bond acceptors (Lipinski definition) is 7. The van der Waals surface area contributed by atoms with Crippen molar-refractivity contribution >= 4 is 11.6 Å². The van der Waals surface area contributed by atoms with Crippen LogP contribution in [0, 0.1) is 0 Å². The fraction of sp³-hybridized carbons (Fsp3) is 0.300. The molecule has 2 aromatic heterocycles. The first-order valence-corrected chi connectivity index (χ1v) is 8.84. The fourth-order valence-electron chi connectivity index (χ4n) is 3.29. The van der Waals surface area contributed by atoms with Crippen LogP contribution in [-0.2, 0) is 19.5 Å². The lowest BCUT2D eigenvalue weighted by Gasteiger charge is -2.30. The highest BCUT2D eigenvalue weighted by molar-refractivity contribution is 5.54. The molecule has 1 N–H and O–H groups in total. The Hall–Kier alpha value is -3.22. The summed E-state index contributed by atoms with van der Waals surface area (Å²) in [4.78, 5) is 11.0. The first-order valence-electron chi connectivity index (χ1n) is 8.84. The average Bonchev–Trinajstić information content (AvgIpc) is 3.24. The topological polar surface area (TPSA) is 72.7 Å². The van der Waals surface area contributed by atoms with Crippen molar-refractivity contribution in [3.05, 3.63) is 59.8 Å². The van der Waals surface area contributed by atoms with Crippen LogP contribution in [0.15, 0.2) is 47.3 Å². The molecule has 0 amide bonds. The van der Waals surface area contributed by atoms with Crippen LogP contribution in [0.4, 0.5) is 11.6 Å². The SMILES string of the molecule is COc1cc2c(cc1OC)CN(c1cc(NCc3ccco3)ncn1)CC2. The van der Waals surface area contributed by atoms with Gasteiger partial charge in [0.15, 0.2) is 11.5 Å². The molecule has 140 valence electrons. The van der Waals surface area contributed by atoms with Crippen LogP contribution < -0.4 is 19.7 Å². The molecule has 3 aromatic rings. The lowest BCUT2D eigenvalue weighted by atomic mass is 9.99. The number of methoxy groups -OCH3 is 2. The number of aromatic nitrogens is 2. The van der Waals surface area contributed by atoms with Gasteiger partial charge in [0.25, 0.3) is 0 Å². The minimum atomic E-state index is 0.587. The molecular formula is C20H22N4O3. The predicted octanol–water partition coefficient (Wildman–Crippen LogP) is 3.26. The van der Waals surface area contributed by atoms with Crippen LogP contribution in [0.2, 0.25) is 0 Å². The summed E-state index contributed by atoms with van der Waals surface area (Å²) in [6, 6.07) is 9.89. The lowest BCUT2D eigenvalue weighted by molar-refractivity contribution is 0.353. The van der Waals surface area contributed by atoms with Crippen molar-refractivity contribution in [2.24, 2.45) is 0 Å². The summed E-state index contributed by atoms with van der Waals surface area (Å²) in [6.45, 7) is 2.24. The van der Waals surface area contributed by atoms with Gasteiger partial charge in [-0.15, -0.1) is 0 Å². The summed E-state index contributed by atoms with van der Waals surface area (Å²) in [6.07, 6.45) is 4.18. The van der Waals surface area contributed by atoms with E-state index < -0.39 is 0 Å². The van der Waals surface area contributed by atoms with E-state index >= 15 is 0 Å². The van der Waals surface area contributed by atoms with Crippen LogP contribution in [-0.4, -0.2) is 30.7 Å². The molecule has 0 spiro atoms. The van der Waals surface area contributed by atoms with Crippen molar-refractivity contribution in [2.75, 3.05) is 31.0 Å². The van der Waals surface area contributed by atoms with Crippen LogP contribution in [0.3, 0.4) is 0 Å². The number of nitrogens with zero attached hydrogens (tertiary/aromatic N) is 3. The van der Waals surface area contributed by atoms with Crippen LogP contribution in [0.5, 0.6) is 11.5 Å². The van der Waals surface area contributed by atoms with Gasteiger partial charge in [-0.2, -0.15) is 0 Å². The summed E-state index contributed by atoms with van der Waals surface area (Å²) >= 11 is 0. The second kappa shape index (κ2) is 7.57. The van der Waals surface area contributed by atoms with Gasteiger partial charge in [-0.3, -0.25) is 0 Å². The summed E-state index contributed by atoms with van der Waals surface area (Å²) in [5, 5.41) is 3.27. The molecule has 0 atom stereocenters. The molecule has 0 bridgehead atoms. The van der Waals surface area contributed by atoms with E-state index in [0.717, 1.165) is 48.4 Å². The molecule has 1 aliphatic rings. The highest BCUT2D eigenvalue weighted by atomic mass is 16.5. The highest BCUT2D eigenvalue weighted by Gasteiger charge is 2.20. The van der Waals surface area contributed by atoms with Crippen molar-refractivity contribution in [3.8, 4) is 11.5 Å². The molecule has 27 heavy (non-hydrogen) atoms. The fourth-order valence-corrected chi connectivity index (χ4v) is 3.29. The molecule has 0 fully saturated rings. The number of nitrogens with one attached hydrogen (secondary N) is 1. The number of benzene rings is 1. The maximum absolute atomic E-state index is 5.44. The zero-order valence-corrected chi connectivity index (χ0v) is 15.4. The summed E-state index contributed by atoms with van der Waals surface area (Å²) < 4.78 is 16.2. The largest absolute Gasteiger partial charge is 0.493 e. The first kappa shape index (κ1) is 17.2. The zero-order chi connectivity index (χ0) is 18.6. The maximum atomic E-state index is 5.44. The Morgan fingerprint density at radius 2 is 1.93 bits per heavy atom. The predicted molar refractivity (Wildman–Crippen MR) is 102 cm³/mol. The number of rotatable bonds is 6. The Bertz CT molecular complexity index is 912. The summed E-state index contributed by atoms with van der Waals surface area (Å²) in [7, 11) is 3.32. The Balaban J connectivity index is 1.51. The molecule has 0 saturated carbocycles. The molecule has 0 saturated heterocycles. The molecule has 4 rings (SSSR count). The number of hydrogen-bond donors (Lipinski definition) is 1. The zero-order valence-electron chi connectivity index (χ0n) is 15.4. The van der Waals surface area contributed by atoms with Gasteiger partial charge in [0.05, 0.1) is 27.0 Å². The van der Waals surface area contributed by atoms with Crippen LogP contribution in [0.1, 0.15) is 16.9 Å². The third-order valence-corrected chi connectivity index (χ3v) is 4.72. The molecular weight excluding hydrogens is 344 g/mol. The van der Waals surface area contributed by atoms with Crippen LogP contribution in [0.25, 0.3) is 0 Å². The van der Waals surface area contributed by atoms with Gasteiger partial charge < -0.3 is 24.1 Å². The minimum absolute atomic E-state index is 0.587. The second-order valence-corrected chi connectivity index (χ2v) is 6.34. The molecule has 3 heterocycles. The Labute approximate surface area is 157 Å². The first-order chi connectivity index (χ1) is 13.3. The van der Waals surface area contributed by atoms with Gasteiger partial charge in [0.1, 0.15) is 23.7 Å². The van der Waals surface area contributed by atoms with Gasteiger partial charge in [0, 0.05) is 19.2 Å². The maximum Gasteiger partial charge on any atom is 0.161 e. The normalized spacial score (nSPS) is 13.2. The molecule has 0 radical (unpaired) electrons. The molecule has 0 unspecified atom stereocenters. The smallest absolute Gasteiger partial charge is 0.161 e. The van der Waals surface area contributed by atoms with E-state index in [9.17, 15) is 0 Å². The third kappa shape index (κ3) is 3.67. The van der Waals surface area contributed by atoms with Crippen LogP contribution >= 0.6 is 0 Å². The molecule has 1 aromatic carbocycles. The molecule has 7 nitrogen and oxygen atoms in total. The quantitative estimate of drug-likeness (QED) is 0.718. The third-order valence-electron chi connectivity index (χ3n) is 4.72. The second-order valence-electron chi connectivity index (χ2n) is 6.34. The van der Waals surface area contributed by atoms with Gasteiger partial charge in [0.2, 0.25) is 0 Å². The van der Waals surface area contributed by atoms with Crippen molar-refractivity contribution in [1.82, 2.24) is 9.97 Å². The van der Waals surface area contributed by atoms with Crippen molar-refractivity contribution < 1.29 is 13.9 Å². The van der Waals surface area contributed by atoms with E-state index in [1.807, 2.05) is 18.2 Å². The number of fused-ring (bicyclic) bond motifs is 1. The molecule has 1 aliphatic heterocycles. The average molecular weight is 366 g/mol. The van der Waals surface area contributed by atoms with Crippen molar-refractivity contribution in [2.45, 2.75) is 19.5 Å². The van der Waals surface area contributed by atoms with E-state index in [1.54, 1.807) is 26.8 Å². The summed E-state index contributed by atoms with van der Waals surface area (Å²) in [5.74, 6) is 4.06. The van der Waals surface area contributed by atoms with Crippen molar-refractivity contribution in [1.29, 1.82) is 0 Å². The summed E-state index contributed by atoms with van der Waals surface area (Å²) in [5.41, 5.74) is 2.51. The lowest BCUT2D eigenvalue weighted by Crippen LogP contribution is -2.31. The van der Waals surface area contributed by atoms with E-state index in [0.29, 0.717) is 6.54 Å². The van der Waals surface area contributed by atoms with Gasteiger partial charge in [-0.05, 0) is 41.8 Å².